The number of benzene rings is 1. The summed E-state index contributed by atoms with van der Waals surface area (Å²) in [4.78, 5) is 12.6. The molecule has 1 aromatic heterocycles. The second kappa shape index (κ2) is 7.69. The van der Waals surface area contributed by atoms with Crippen LogP contribution in [0.3, 0.4) is 0 Å². The van der Waals surface area contributed by atoms with Gasteiger partial charge in [-0.3, -0.25) is 10.1 Å². The molecule has 0 N–H and O–H groups in total. The maximum atomic E-state index is 13.0. The van der Waals surface area contributed by atoms with Crippen LogP contribution in [0, 0.1) is 30.9 Å². The van der Waals surface area contributed by atoms with Crippen molar-refractivity contribution in [2.75, 3.05) is 31.1 Å². The second-order valence-corrected chi connectivity index (χ2v) is 9.03. The van der Waals surface area contributed by atoms with E-state index in [1.54, 1.807) is 20.8 Å². The van der Waals surface area contributed by atoms with Gasteiger partial charge in [0.2, 0.25) is 10.0 Å². The minimum absolute atomic E-state index is 0.0660. The van der Waals surface area contributed by atoms with Crippen molar-refractivity contribution in [2.45, 2.75) is 32.1 Å². The molecule has 1 saturated heterocycles. The zero-order chi connectivity index (χ0) is 20.6. The Morgan fingerprint density at radius 2 is 1.89 bits per heavy atom. The number of rotatable bonds is 4. The van der Waals surface area contributed by atoms with Crippen LogP contribution in [0.2, 0.25) is 5.02 Å². The number of halogens is 1. The van der Waals surface area contributed by atoms with Crippen molar-refractivity contribution in [3.8, 4) is 0 Å². The SMILES string of the molecule is Cc1cc([N+](=O)[O-])cc(Cl)c1N1CCCN(S(=O)(=O)c2c(C)noc2C)CC1. The van der Waals surface area contributed by atoms with Crippen LogP contribution in [0.4, 0.5) is 11.4 Å². The molecule has 0 unspecified atom stereocenters. The van der Waals surface area contributed by atoms with Gasteiger partial charge in [-0.2, -0.15) is 4.31 Å². The summed E-state index contributed by atoms with van der Waals surface area (Å²) in [6.07, 6.45) is 0.593. The average molecular weight is 429 g/mol. The molecule has 9 nitrogen and oxygen atoms in total. The zero-order valence-corrected chi connectivity index (χ0v) is 17.4. The fraction of sp³-hybridized carbons (Fsp3) is 0.471. The van der Waals surface area contributed by atoms with E-state index in [2.05, 4.69) is 5.16 Å². The van der Waals surface area contributed by atoms with Crippen molar-refractivity contribution in [1.29, 1.82) is 0 Å². The fourth-order valence-electron chi connectivity index (χ4n) is 3.55. The molecule has 1 aliphatic heterocycles. The van der Waals surface area contributed by atoms with E-state index in [-0.39, 0.29) is 27.9 Å². The average Bonchev–Trinajstić information content (AvgIpc) is 2.81. The molecular formula is C17H21ClN4O5S. The number of anilines is 1. The first kappa shape index (κ1) is 20.6. The minimum Gasteiger partial charge on any atom is -0.369 e. The summed E-state index contributed by atoms with van der Waals surface area (Å²) in [7, 11) is -3.72. The van der Waals surface area contributed by atoms with Gasteiger partial charge in [-0.1, -0.05) is 16.8 Å². The third-order valence-electron chi connectivity index (χ3n) is 4.79. The van der Waals surface area contributed by atoms with Crippen molar-refractivity contribution < 1.29 is 17.9 Å². The lowest BCUT2D eigenvalue weighted by Gasteiger charge is -2.26. The monoisotopic (exact) mass is 428 g/mol. The van der Waals surface area contributed by atoms with Crippen LogP contribution in [-0.4, -0.2) is 49.0 Å². The van der Waals surface area contributed by atoms with E-state index >= 15 is 0 Å². The number of non-ortho nitro benzene ring substituents is 1. The number of aromatic nitrogens is 1. The molecule has 2 aromatic rings. The summed E-state index contributed by atoms with van der Waals surface area (Å²) in [5.41, 5.74) is 1.65. The molecule has 2 heterocycles. The Balaban J connectivity index is 1.86. The molecule has 0 amide bonds. The van der Waals surface area contributed by atoms with Crippen molar-refractivity contribution in [3.05, 3.63) is 44.3 Å². The molecule has 11 heteroatoms. The number of nitrogens with zero attached hydrogens (tertiary/aromatic N) is 4. The molecule has 0 aliphatic carbocycles. The molecule has 0 spiro atoms. The third kappa shape index (κ3) is 3.71. The molecule has 0 atom stereocenters. The molecular weight excluding hydrogens is 408 g/mol. The fourth-order valence-corrected chi connectivity index (χ4v) is 5.70. The number of aryl methyl sites for hydroxylation is 3. The highest BCUT2D eigenvalue weighted by Gasteiger charge is 2.32. The normalized spacial score (nSPS) is 16.2. The highest BCUT2D eigenvalue weighted by atomic mass is 35.5. The largest absolute Gasteiger partial charge is 0.369 e. The predicted molar refractivity (Wildman–Crippen MR) is 104 cm³/mol. The van der Waals surface area contributed by atoms with Crippen LogP contribution in [0.5, 0.6) is 0 Å². The van der Waals surface area contributed by atoms with Crippen LogP contribution in [0.1, 0.15) is 23.4 Å². The van der Waals surface area contributed by atoms with E-state index in [0.29, 0.717) is 43.0 Å². The van der Waals surface area contributed by atoms with Gasteiger partial charge in [-0.05, 0) is 32.8 Å². The Morgan fingerprint density at radius 1 is 1.18 bits per heavy atom. The number of sulfonamides is 1. The van der Waals surface area contributed by atoms with Crippen LogP contribution in [0.25, 0.3) is 0 Å². The molecule has 28 heavy (non-hydrogen) atoms. The first-order chi connectivity index (χ1) is 13.1. The lowest BCUT2D eigenvalue weighted by Crippen LogP contribution is -2.35. The second-order valence-electron chi connectivity index (χ2n) is 6.75. The molecule has 0 bridgehead atoms. The van der Waals surface area contributed by atoms with Crippen molar-refractivity contribution >= 4 is 33.0 Å². The number of nitro benzene ring substituents is 1. The predicted octanol–water partition coefficient (Wildman–Crippen LogP) is 3.06. The summed E-state index contributed by atoms with van der Waals surface area (Å²) in [5.74, 6) is 0.271. The van der Waals surface area contributed by atoms with Crippen molar-refractivity contribution in [2.24, 2.45) is 0 Å². The van der Waals surface area contributed by atoms with E-state index in [0.717, 1.165) is 0 Å². The summed E-state index contributed by atoms with van der Waals surface area (Å²) < 4.78 is 32.5. The zero-order valence-electron chi connectivity index (χ0n) is 15.8. The Kier molecular flexibility index (Phi) is 5.64. The molecule has 1 aliphatic rings. The first-order valence-corrected chi connectivity index (χ1v) is 10.6. The lowest BCUT2D eigenvalue weighted by atomic mass is 10.1. The Bertz CT molecular complexity index is 978. The van der Waals surface area contributed by atoms with Gasteiger partial charge in [0.25, 0.3) is 5.69 Å². The van der Waals surface area contributed by atoms with Gasteiger partial charge in [0, 0.05) is 38.3 Å². The van der Waals surface area contributed by atoms with Crippen LogP contribution >= 0.6 is 11.6 Å². The molecule has 152 valence electrons. The van der Waals surface area contributed by atoms with Crippen LogP contribution in [0.15, 0.2) is 21.6 Å². The Hall–Kier alpha value is -2.17. The van der Waals surface area contributed by atoms with Gasteiger partial charge in [0.1, 0.15) is 10.6 Å². The lowest BCUT2D eigenvalue weighted by molar-refractivity contribution is -0.384. The highest BCUT2D eigenvalue weighted by molar-refractivity contribution is 7.89. The maximum Gasteiger partial charge on any atom is 0.271 e. The topological polar surface area (TPSA) is 110 Å². The van der Waals surface area contributed by atoms with Crippen LogP contribution in [-0.2, 0) is 10.0 Å². The first-order valence-electron chi connectivity index (χ1n) is 8.75. The van der Waals surface area contributed by atoms with Crippen LogP contribution < -0.4 is 4.90 Å². The standard InChI is InChI=1S/C17H21ClN4O5S/c1-11-9-14(22(23)24)10-15(18)16(11)20-5-4-6-21(8-7-20)28(25,26)17-12(2)19-27-13(17)3/h9-10H,4-8H2,1-3H3. The van der Waals surface area contributed by atoms with Crippen molar-refractivity contribution in [3.63, 3.8) is 0 Å². The van der Waals surface area contributed by atoms with Gasteiger partial charge in [-0.15, -0.1) is 0 Å². The van der Waals surface area contributed by atoms with E-state index in [1.807, 2.05) is 4.90 Å². The molecule has 1 fully saturated rings. The summed E-state index contributed by atoms with van der Waals surface area (Å²) in [6, 6.07) is 2.80. The number of nitro groups is 1. The number of hydrogen-bond donors (Lipinski definition) is 0. The van der Waals surface area contributed by atoms with Gasteiger partial charge in [0.15, 0.2) is 5.76 Å². The molecule has 1 aromatic carbocycles. The summed E-state index contributed by atoms with van der Waals surface area (Å²) >= 11 is 6.32. The highest BCUT2D eigenvalue weighted by Crippen LogP contribution is 2.35. The van der Waals surface area contributed by atoms with Gasteiger partial charge >= 0.3 is 0 Å². The Labute approximate surface area is 168 Å². The third-order valence-corrected chi connectivity index (χ3v) is 7.22. The van der Waals surface area contributed by atoms with E-state index < -0.39 is 14.9 Å². The summed E-state index contributed by atoms with van der Waals surface area (Å²) in [5, 5.41) is 15.0. The van der Waals surface area contributed by atoms with E-state index in [9.17, 15) is 18.5 Å². The summed E-state index contributed by atoms with van der Waals surface area (Å²) in [6.45, 7) is 6.57. The van der Waals surface area contributed by atoms with Gasteiger partial charge < -0.3 is 9.42 Å². The van der Waals surface area contributed by atoms with Gasteiger partial charge in [-0.25, -0.2) is 8.42 Å². The molecule has 0 radical (unpaired) electrons. The van der Waals surface area contributed by atoms with Crippen molar-refractivity contribution in [1.82, 2.24) is 9.46 Å². The van der Waals surface area contributed by atoms with E-state index in [1.165, 1.54) is 16.4 Å². The number of hydrogen-bond acceptors (Lipinski definition) is 7. The minimum atomic E-state index is -3.72. The smallest absolute Gasteiger partial charge is 0.271 e. The molecule has 3 rings (SSSR count). The quantitative estimate of drug-likeness (QED) is 0.543. The van der Waals surface area contributed by atoms with Gasteiger partial charge in [0.05, 0.1) is 15.6 Å². The molecule has 0 saturated carbocycles. The Morgan fingerprint density at radius 3 is 2.46 bits per heavy atom. The maximum absolute atomic E-state index is 13.0. The van der Waals surface area contributed by atoms with E-state index in [4.69, 9.17) is 16.1 Å².